The Bertz CT molecular complexity index is 784. The summed E-state index contributed by atoms with van der Waals surface area (Å²) < 4.78 is 11.5. The van der Waals surface area contributed by atoms with E-state index in [-0.39, 0.29) is 24.7 Å². The van der Waals surface area contributed by atoms with Crippen LogP contribution >= 0.6 is 0 Å². The number of pyridine rings is 1. The zero-order valence-electron chi connectivity index (χ0n) is 12.8. The standard InChI is InChI=1S/C17H16N4O3/c22-17(15-10-23-13-3-1-2-4-14(13)24-15)19-16-9-12(20-21-16)11-5-7-18-8-6-11/h1-9,13-15H,10H2,(H2,19,20,21,22). The number of hydrogen-bond acceptors (Lipinski definition) is 5. The lowest BCUT2D eigenvalue weighted by Gasteiger charge is -2.34. The van der Waals surface area contributed by atoms with Crippen molar-refractivity contribution in [3.8, 4) is 11.3 Å². The van der Waals surface area contributed by atoms with Gasteiger partial charge in [-0.1, -0.05) is 24.3 Å². The fraction of sp³-hybridized carbons (Fsp3) is 0.235. The fourth-order valence-corrected chi connectivity index (χ4v) is 2.68. The molecule has 1 amide bonds. The van der Waals surface area contributed by atoms with Gasteiger partial charge in [0.15, 0.2) is 11.9 Å². The van der Waals surface area contributed by atoms with Crippen LogP contribution in [0.2, 0.25) is 0 Å². The molecule has 3 unspecified atom stereocenters. The molecule has 122 valence electrons. The van der Waals surface area contributed by atoms with Crippen LogP contribution in [0.25, 0.3) is 11.3 Å². The Labute approximate surface area is 138 Å². The minimum absolute atomic E-state index is 0.122. The number of amides is 1. The topological polar surface area (TPSA) is 89.1 Å². The molecule has 2 aromatic heterocycles. The molecule has 2 N–H and O–H groups in total. The van der Waals surface area contributed by atoms with Crippen LogP contribution in [0.3, 0.4) is 0 Å². The Morgan fingerprint density at radius 2 is 2.00 bits per heavy atom. The van der Waals surface area contributed by atoms with Gasteiger partial charge in [0, 0.05) is 24.0 Å². The molecule has 7 heteroatoms. The molecular weight excluding hydrogens is 308 g/mol. The average Bonchev–Trinajstić information content (AvgIpc) is 3.10. The molecule has 7 nitrogen and oxygen atoms in total. The van der Waals surface area contributed by atoms with Gasteiger partial charge < -0.3 is 14.8 Å². The number of allylic oxidation sites excluding steroid dienone is 2. The van der Waals surface area contributed by atoms with Crippen molar-refractivity contribution in [3.05, 3.63) is 54.9 Å². The van der Waals surface area contributed by atoms with Gasteiger partial charge >= 0.3 is 0 Å². The number of rotatable bonds is 3. The van der Waals surface area contributed by atoms with Crippen molar-refractivity contribution >= 4 is 11.7 Å². The van der Waals surface area contributed by atoms with E-state index in [0.717, 1.165) is 11.3 Å². The molecule has 1 aliphatic heterocycles. The Morgan fingerprint density at radius 1 is 1.21 bits per heavy atom. The summed E-state index contributed by atoms with van der Waals surface area (Å²) in [4.78, 5) is 16.3. The predicted molar refractivity (Wildman–Crippen MR) is 87.1 cm³/mol. The first kappa shape index (κ1) is 14.8. The van der Waals surface area contributed by atoms with Gasteiger partial charge in [0.05, 0.1) is 12.3 Å². The number of aromatic nitrogens is 3. The van der Waals surface area contributed by atoms with Crippen molar-refractivity contribution in [2.75, 3.05) is 11.9 Å². The minimum Gasteiger partial charge on any atom is -0.368 e. The highest BCUT2D eigenvalue weighted by atomic mass is 16.6. The van der Waals surface area contributed by atoms with Gasteiger partial charge in [-0.3, -0.25) is 14.9 Å². The van der Waals surface area contributed by atoms with Gasteiger partial charge in [-0.25, -0.2) is 0 Å². The van der Waals surface area contributed by atoms with E-state index < -0.39 is 6.10 Å². The summed E-state index contributed by atoms with van der Waals surface area (Å²) in [5, 5.41) is 9.75. The van der Waals surface area contributed by atoms with Gasteiger partial charge in [0.1, 0.15) is 12.2 Å². The zero-order valence-corrected chi connectivity index (χ0v) is 12.8. The second-order valence-corrected chi connectivity index (χ2v) is 5.55. The molecule has 2 aromatic rings. The summed E-state index contributed by atoms with van der Waals surface area (Å²) in [6.45, 7) is 0.215. The first-order chi connectivity index (χ1) is 11.8. The normalized spacial score (nSPS) is 25.2. The molecule has 1 fully saturated rings. The number of hydrogen-bond donors (Lipinski definition) is 2. The van der Waals surface area contributed by atoms with E-state index >= 15 is 0 Å². The van der Waals surface area contributed by atoms with Gasteiger partial charge in [0.2, 0.25) is 0 Å². The molecule has 3 atom stereocenters. The molecule has 0 spiro atoms. The first-order valence-electron chi connectivity index (χ1n) is 7.68. The number of fused-ring (bicyclic) bond motifs is 1. The average molecular weight is 324 g/mol. The van der Waals surface area contributed by atoms with Crippen LogP contribution in [0.15, 0.2) is 54.9 Å². The van der Waals surface area contributed by atoms with Crippen LogP contribution < -0.4 is 5.32 Å². The van der Waals surface area contributed by atoms with Crippen LogP contribution in [0.4, 0.5) is 5.82 Å². The summed E-state index contributed by atoms with van der Waals surface area (Å²) in [6, 6.07) is 5.49. The molecule has 0 bridgehead atoms. The van der Waals surface area contributed by atoms with E-state index in [9.17, 15) is 4.79 Å². The molecule has 3 heterocycles. The highest BCUT2D eigenvalue weighted by Gasteiger charge is 2.33. The summed E-state index contributed by atoms with van der Waals surface area (Å²) in [7, 11) is 0. The minimum atomic E-state index is -0.663. The predicted octanol–water partition coefficient (Wildman–Crippen LogP) is 1.69. The number of nitrogens with zero attached hydrogens (tertiary/aromatic N) is 2. The highest BCUT2D eigenvalue weighted by Crippen LogP contribution is 2.22. The molecule has 1 aliphatic carbocycles. The molecule has 0 saturated carbocycles. The molecule has 1 saturated heterocycles. The van der Waals surface area contributed by atoms with E-state index in [2.05, 4.69) is 20.5 Å². The number of anilines is 1. The number of carbonyl (C=O) groups is 1. The van der Waals surface area contributed by atoms with E-state index in [4.69, 9.17) is 9.47 Å². The molecule has 0 radical (unpaired) electrons. The molecular formula is C17H16N4O3. The van der Waals surface area contributed by atoms with Crippen LogP contribution in [-0.2, 0) is 14.3 Å². The van der Waals surface area contributed by atoms with E-state index in [1.54, 1.807) is 18.5 Å². The quantitative estimate of drug-likeness (QED) is 0.897. The maximum atomic E-state index is 12.4. The second-order valence-electron chi connectivity index (χ2n) is 5.55. The largest absolute Gasteiger partial charge is 0.368 e. The first-order valence-corrected chi connectivity index (χ1v) is 7.68. The highest BCUT2D eigenvalue weighted by molar-refractivity contribution is 5.94. The lowest BCUT2D eigenvalue weighted by molar-refractivity contribution is -0.164. The van der Waals surface area contributed by atoms with Crippen molar-refractivity contribution < 1.29 is 14.3 Å². The van der Waals surface area contributed by atoms with Crippen molar-refractivity contribution in [2.45, 2.75) is 18.3 Å². The monoisotopic (exact) mass is 324 g/mol. The van der Waals surface area contributed by atoms with Crippen LogP contribution in [-0.4, -0.2) is 46.0 Å². The van der Waals surface area contributed by atoms with Gasteiger partial charge in [-0.2, -0.15) is 5.10 Å². The van der Waals surface area contributed by atoms with Gasteiger partial charge in [-0.05, 0) is 12.1 Å². The van der Waals surface area contributed by atoms with E-state index in [0.29, 0.717) is 5.82 Å². The Hall–Kier alpha value is -2.77. The van der Waals surface area contributed by atoms with Crippen LogP contribution in [0.1, 0.15) is 0 Å². The summed E-state index contributed by atoms with van der Waals surface area (Å²) in [5.74, 6) is 0.167. The Kier molecular flexibility index (Phi) is 3.94. The zero-order chi connectivity index (χ0) is 16.4. The third-order valence-electron chi connectivity index (χ3n) is 3.91. The molecule has 2 aliphatic rings. The van der Waals surface area contributed by atoms with Crippen LogP contribution in [0.5, 0.6) is 0 Å². The van der Waals surface area contributed by atoms with E-state index in [1.807, 2.05) is 36.4 Å². The Morgan fingerprint density at radius 3 is 2.83 bits per heavy atom. The Balaban J connectivity index is 1.41. The third-order valence-corrected chi connectivity index (χ3v) is 3.91. The molecule has 4 rings (SSSR count). The third kappa shape index (κ3) is 2.99. The lowest BCUT2D eigenvalue weighted by atomic mass is 10.1. The van der Waals surface area contributed by atoms with Crippen molar-refractivity contribution in [1.29, 1.82) is 0 Å². The van der Waals surface area contributed by atoms with Gasteiger partial charge in [-0.15, -0.1) is 0 Å². The van der Waals surface area contributed by atoms with Gasteiger partial charge in [0.25, 0.3) is 5.91 Å². The molecule has 24 heavy (non-hydrogen) atoms. The summed E-state index contributed by atoms with van der Waals surface area (Å²) in [6.07, 6.45) is 9.99. The summed E-state index contributed by atoms with van der Waals surface area (Å²) in [5.41, 5.74) is 1.74. The molecule has 0 aromatic carbocycles. The number of nitrogens with one attached hydrogen (secondary N) is 2. The number of carbonyl (C=O) groups excluding carboxylic acids is 1. The van der Waals surface area contributed by atoms with Crippen molar-refractivity contribution in [3.63, 3.8) is 0 Å². The second kappa shape index (κ2) is 6.38. The van der Waals surface area contributed by atoms with Crippen LogP contribution in [0, 0.1) is 0 Å². The number of H-pyrrole nitrogens is 1. The fourth-order valence-electron chi connectivity index (χ4n) is 2.68. The lowest BCUT2D eigenvalue weighted by Crippen LogP contribution is -2.47. The van der Waals surface area contributed by atoms with E-state index in [1.165, 1.54) is 0 Å². The number of aromatic amines is 1. The van der Waals surface area contributed by atoms with Crippen molar-refractivity contribution in [2.24, 2.45) is 0 Å². The number of ether oxygens (including phenoxy) is 2. The SMILES string of the molecule is O=C(Nc1cc(-c2ccncc2)[nH]n1)C1COC2C=CC=CC2O1. The maximum Gasteiger partial charge on any atom is 0.257 e. The summed E-state index contributed by atoms with van der Waals surface area (Å²) >= 11 is 0. The van der Waals surface area contributed by atoms with Crippen molar-refractivity contribution in [1.82, 2.24) is 15.2 Å². The maximum absolute atomic E-state index is 12.4. The smallest absolute Gasteiger partial charge is 0.257 e.